The number of carbonyl (C=O) groups is 2. The largest absolute Gasteiger partial charge is 0.354 e. The highest BCUT2D eigenvalue weighted by atomic mass is 16.2. The van der Waals surface area contributed by atoms with Crippen LogP contribution < -0.4 is 10.6 Å². The van der Waals surface area contributed by atoms with Crippen molar-refractivity contribution in [3.8, 4) is 0 Å². The first-order chi connectivity index (χ1) is 9.88. The zero-order valence-electron chi connectivity index (χ0n) is 14.0. The molecule has 0 unspecified atom stereocenters. The minimum atomic E-state index is -0.0818. The molecule has 0 spiro atoms. The third-order valence-corrected chi connectivity index (χ3v) is 4.34. The van der Waals surface area contributed by atoms with Gasteiger partial charge in [-0.05, 0) is 25.8 Å². The van der Waals surface area contributed by atoms with E-state index >= 15 is 0 Å². The Morgan fingerprint density at radius 1 is 1.19 bits per heavy atom. The molecular formula is C16H31N3O2. The van der Waals surface area contributed by atoms with Crippen molar-refractivity contribution in [2.75, 3.05) is 27.2 Å². The molecule has 0 aliphatic heterocycles. The first kappa shape index (κ1) is 18.0. The molecule has 0 bridgehead atoms. The molecule has 0 radical (unpaired) electrons. The number of carbonyl (C=O) groups excluding carboxylic acids is 2. The minimum absolute atomic E-state index is 0.0472. The van der Waals surface area contributed by atoms with Gasteiger partial charge in [0, 0.05) is 25.6 Å². The van der Waals surface area contributed by atoms with Crippen molar-refractivity contribution in [2.24, 2.45) is 5.92 Å². The number of nitrogens with one attached hydrogen (secondary N) is 2. The quantitative estimate of drug-likeness (QED) is 0.749. The van der Waals surface area contributed by atoms with Crippen molar-refractivity contribution in [3.63, 3.8) is 0 Å². The summed E-state index contributed by atoms with van der Waals surface area (Å²) in [7, 11) is 3.65. The average Bonchev–Trinajstić information content (AvgIpc) is 2.46. The van der Waals surface area contributed by atoms with Gasteiger partial charge in [-0.1, -0.05) is 33.1 Å². The lowest BCUT2D eigenvalue weighted by Crippen LogP contribution is -2.49. The number of nitrogens with zero attached hydrogens (tertiary/aromatic N) is 1. The minimum Gasteiger partial charge on any atom is -0.354 e. The van der Waals surface area contributed by atoms with Gasteiger partial charge in [0.15, 0.2) is 0 Å². The van der Waals surface area contributed by atoms with Gasteiger partial charge in [-0.25, -0.2) is 0 Å². The Hall–Kier alpha value is -1.10. The Bertz CT molecular complexity index is 349. The fourth-order valence-corrected chi connectivity index (χ4v) is 2.85. The summed E-state index contributed by atoms with van der Waals surface area (Å²) < 4.78 is 0. The fraction of sp³-hybridized carbons (Fsp3) is 0.875. The molecule has 1 aliphatic rings. The smallest absolute Gasteiger partial charge is 0.239 e. The summed E-state index contributed by atoms with van der Waals surface area (Å²) in [4.78, 5) is 25.7. The van der Waals surface area contributed by atoms with Crippen molar-refractivity contribution in [2.45, 2.75) is 57.9 Å². The van der Waals surface area contributed by atoms with Crippen molar-refractivity contribution in [3.05, 3.63) is 0 Å². The molecule has 1 aliphatic carbocycles. The summed E-state index contributed by atoms with van der Waals surface area (Å²) in [5, 5.41) is 6.20. The molecule has 0 aromatic heterocycles. The third-order valence-electron chi connectivity index (χ3n) is 4.34. The highest BCUT2D eigenvalue weighted by Crippen LogP contribution is 2.31. The Morgan fingerprint density at radius 3 is 2.33 bits per heavy atom. The molecule has 0 heterocycles. The van der Waals surface area contributed by atoms with Crippen LogP contribution in [-0.4, -0.2) is 49.4 Å². The van der Waals surface area contributed by atoms with Crippen molar-refractivity contribution >= 4 is 11.8 Å². The molecule has 2 amide bonds. The monoisotopic (exact) mass is 297 g/mol. The summed E-state index contributed by atoms with van der Waals surface area (Å²) in [6, 6.07) is 0. The number of amides is 2. The van der Waals surface area contributed by atoms with Crippen LogP contribution >= 0.6 is 0 Å². The first-order valence-corrected chi connectivity index (χ1v) is 8.08. The predicted octanol–water partition coefficient (Wildman–Crippen LogP) is 1.53. The molecule has 5 nitrogen and oxygen atoms in total. The van der Waals surface area contributed by atoms with Crippen LogP contribution in [0, 0.1) is 5.92 Å². The standard InChI is InChI=1S/C16H31N3O2/c1-13(2)11-18-14(20)12-19(4)15(21)10-16(17-3)8-6-5-7-9-16/h13,17H,5-12H2,1-4H3,(H,18,20). The van der Waals surface area contributed by atoms with Crippen LogP contribution in [0.25, 0.3) is 0 Å². The molecule has 0 aromatic rings. The number of rotatable bonds is 7. The molecule has 0 saturated heterocycles. The SMILES string of the molecule is CNC1(CC(=O)N(C)CC(=O)NCC(C)C)CCCCC1. The number of likely N-dealkylation sites (N-methyl/N-ethyl adjacent to an activating group) is 1. The predicted molar refractivity (Wildman–Crippen MR) is 85.0 cm³/mol. The van der Waals surface area contributed by atoms with Gasteiger partial charge in [0.25, 0.3) is 0 Å². The van der Waals surface area contributed by atoms with Gasteiger partial charge in [0.05, 0.1) is 6.54 Å². The Kier molecular flexibility index (Phi) is 7.15. The van der Waals surface area contributed by atoms with Gasteiger partial charge >= 0.3 is 0 Å². The van der Waals surface area contributed by atoms with Crippen LogP contribution in [-0.2, 0) is 9.59 Å². The summed E-state index contributed by atoms with van der Waals surface area (Å²) in [5.74, 6) is 0.386. The van der Waals surface area contributed by atoms with Gasteiger partial charge in [0.1, 0.15) is 0 Å². The lowest BCUT2D eigenvalue weighted by molar-refractivity contribution is -0.136. The van der Waals surface area contributed by atoms with Gasteiger partial charge in [-0.3, -0.25) is 9.59 Å². The van der Waals surface area contributed by atoms with Crippen LogP contribution in [0.3, 0.4) is 0 Å². The van der Waals surface area contributed by atoms with Crippen molar-refractivity contribution in [1.29, 1.82) is 0 Å². The second-order valence-corrected chi connectivity index (χ2v) is 6.72. The van der Waals surface area contributed by atoms with Gasteiger partial charge in [0.2, 0.25) is 11.8 Å². The molecule has 0 aromatic carbocycles. The Labute approximate surface area is 128 Å². The number of hydrogen-bond acceptors (Lipinski definition) is 3. The molecule has 5 heteroatoms. The maximum Gasteiger partial charge on any atom is 0.239 e. The Morgan fingerprint density at radius 2 is 1.81 bits per heavy atom. The zero-order chi connectivity index (χ0) is 15.9. The lowest BCUT2D eigenvalue weighted by Gasteiger charge is -2.37. The van der Waals surface area contributed by atoms with Crippen LogP contribution in [0.5, 0.6) is 0 Å². The molecule has 122 valence electrons. The number of hydrogen-bond donors (Lipinski definition) is 2. The third kappa shape index (κ3) is 6.04. The average molecular weight is 297 g/mol. The Balaban J connectivity index is 2.44. The van der Waals surface area contributed by atoms with Crippen molar-refractivity contribution in [1.82, 2.24) is 15.5 Å². The maximum absolute atomic E-state index is 12.4. The maximum atomic E-state index is 12.4. The molecular weight excluding hydrogens is 266 g/mol. The van der Waals surface area contributed by atoms with E-state index in [0.29, 0.717) is 18.9 Å². The van der Waals surface area contributed by atoms with E-state index in [1.54, 1.807) is 11.9 Å². The molecule has 1 fully saturated rings. The van der Waals surface area contributed by atoms with Gasteiger partial charge in [-0.15, -0.1) is 0 Å². The molecule has 0 atom stereocenters. The van der Waals surface area contributed by atoms with E-state index in [4.69, 9.17) is 0 Å². The van der Waals surface area contributed by atoms with Crippen molar-refractivity contribution < 1.29 is 9.59 Å². The molecule has 2 N–H and O–H groups in total. The first-order valence-electron chi connectivity index (χ1n) is 8.08. The zero-order valence-corrected chi connectivity index (χ0v) is 14.0. The van der Waals surface area contributed by atoms with E-state index in [9.17, 15) is 9.59 Å². The fourth-order valence-electron chi connectivity index (χ4n) is 2.85. The molecule has 1 rings (SSSR count). The highest BCUT2D eigenvalue weighted by molar-refractivity contribution is 5.85. The van der Waals surface area contributed by atoms with Crippen LogP contribution in [0.1, 0.15) is 52.4 Å². The van der Waals surface area contributed by atoms with E-state index in [1.807, 2.05) is 7.05 Å². The van der Waals surface area contributed by atoms with Gasteiger partial charge < -0.3 is 15.5 Å². The van der Waals surface area contributed by atoms with Crippen LogP contribution in [0.15, 0.2) is 0 Å². The summed E-state index contributed by atoms with van der Waals surface area (Å²) in [6.45, 7) is 4.90. The highest BCUT2D eigenvalue weighted by Gasteiger charge is 2.33. The summed E-state index contributed by atoms with van der Waals surface area (Å²) in [5.41, 5.74) is -0.0714. The van der Waals surface area contributed by atoms with E-state index in [1.165, 1.54) is 19.3 Å². The molecule has 21 heavy (non-hydrogen) atoms. The summed E-state index contributed by atoms with van der Waals surface area (Å²) >= 11 is 0. The second kappa shape index (κ2) is 8.37. The molecule has 1 saturated carbocycles. The van der Waals surface area contributed by atoms with E-state index < -0.39 is 0 Å². The lowest BCUT2D eigenvalue weighted by atomic mass is 9.79. The second-order valence-electron chi connectivity index (χ2n) is 6.72. The van der Waals surface area contributed by atoms with E-state index in [0.717, 1.165) is 12.8 Å². The summed E-state index contributed by atoms with van der Waals surface area (Å²) in [6.07, 6.45) is 6.17. The normalized spacial score (nSPS) is 17.6. The van der Waals surface area contributed by atoms with E-state index in [-0.39, 0.29) is 23.9 Å². The van der Waals surface area contributed by atoms with Crippen LogP contribution in [0.4, 0.5) is 0 Å². The van der Waals surface area contributed by atoms with E-state index in [2.05, 4.69) is 24.5 Å². The topological polar surface area (TPSA) is 61.4 Å². The van der Waals surface area contributed by atoms with Gasteiger partial charge in [-0.2, -0.15) is 0 Å². The van der Waals surface area contributed by atoms with Crippen LogP contribution in [0.2, 0.25) is 0 Å².